The van der Waals surface area contributed by atoms with Crippen LogP contribution >= 0.6 is 11.6 Å². The van der Waals surface area contributed by atoms with Crippen LogP contribution in [-0.4, -0.2) is 70.1 Å². The zero-order valence-corrected chi connectivity index (χ0v) is 20.2. The van der Waals surface area contributed by atoms with Gasteiger partial charge in [0.2, 0.25) is 5.95 Å². The molecule has 2 fully saturated rings. The molecule has 0 aliphatic carbocycles. The topological polar surface area (TPSA) is 96.4 Å². The van der Waals surface area contributed by atoms with Crippen molar-refractivity contribution in [1.29, 1.82) is 0 Å². The fourth-order valence-corrected chi connectivity index (χ4v) is 5.07. The zero-order chi connectivity index (χ0) is 24.4. The zero-order valence-electron chi connectivity index (χ0n) is 19.5. The quantitative estimate of drug-likeness (QED) is 0.508. The number of hydrogen-bond donors (Lipinski definition) is 1. The fourth-order valence-electron chi connectivity index (χ4n) is 4.89. The van der Waals surface area contributed by atoms with E-state index in [1.807, 2.05) is 0 Å². The normalized spacial score (nSPS) is 19.3. The standard InChI is InChI=1S/C24H27ClFN7O2/c1-35-23(34)20-3-2-8-33(20)13-15-6-9-32(10-7-15)24-27-12-19-21(31-24)22(29-14-28-19)30-16-4-5-18(26)17(25)11-16/h4-5,11-12,14-15,20H,2-3,6-10,13H2,1H3,(H,28,29,30). The number of esters is 1. The van der Waals surface area contributed by atoms with E-state index in [2.05, 4.69) is 30.1 Å². The molecule has 2 aromatic heterocycles. The van der Waals surface area contributed by atoms with Gasteiger partial charge in [0.05, 0.1) is 18.3 Å². The van der Waals surface area contributed by atoms with Crippen LogP contribution in [-0.2, 0) is 9.53 Å². The van der Waals surface area contributed by atoms with Gasteiger partial charge in [-0.05, 0) is 56.3 Å². The average molecular weight is 500 g/mol. The molecule has 4 heterocycles. The molecule has 9 nitrogen and oxygen atoms in total. The van der Waals surface area contributed by atoms with E-state index in [1.54, 1.807) is 12.3 Å². The molecule has 1 aromatic carbocycles. The molecule has 184 valence electrons. The van der Waals surface area contributed by atoms with E-state index >= 15 is 0 Å². The van der Waals surface area contributed by atoms with Gasteiger partial charge in [-0.1, -0.05) is 11.6 Å². The number of halogens is 2. The molecule has 2 saturated heterocycles. The summed E-state index contributed by atoms with van der Waals surface area (Å²) in [5.74, 6) is 1.03. The maximum Gasteiger partial charge on any atom is 0.323 e. The Kier molecular flexibility index (Phi) is 6.92. The predicted octanol–water partition coefficient (Wildman–Crippen LogP) is 3.81. The van der Waals surface area contributed by atoms with Crippen LogP contribution in [0.2, 0.25) is 5.02 Å². The van der Waals surface area contributed by atoms with Crippen molar-refractivity contribution >= 4 is 46.1 Å². The van der Waals surface area contributed by atoms with Gasteiger partial charge in [0.25, 0.3) is 0 Å². The minimum Gasteiger partial charge on any atom is -0.468 e. The number of carbonyl (C=O) groups is 1. The van der Waals surface area contributed by atoms with Crippen molar-refractivity contribution in [3.8, 4) is 0 Å². The SMILES string of the molecule is COC(=O)C1CCCN1CC1CCN(c2ncc3ncnc(Nc4ccc(F)c(Cl)c4)c3n2)CC1. The lowest BCUT2D eigenvalue weighted by molar-refractivity contribution is -0.146. The third-order valence-corrected chi connectivity index (χ3v) is 7.06. The summed E-state index contributed by atoms with van der Waals surface area (Å²) in [4.78, 5) is 34.4. The minimum atomic E-state index is -0.483. The highest BCUT2D eigenvalue weighted by Gasteiger charge is 2.33. The highest BCUT2D eigenvalue weighted by Crippen LogP contribution is 2.28. The Hall–Kier alpha value is -3.11. The number of ether oxygens (including phenoxy) is 1. The number of methoxy groups -OCH3 is 1. The van der Waals surface area contributed by atoms with E-state index < -0.39 is 5.82 Å². The molecule has 1 unspecified atom stereocenters. The highest BCUT2D eigenvalue weighted by atomic mass is 35.5. The van der Waals surface area contributed by atoms with Crippen molar-refractivity contribution in [3.63, 3.8) is 0 Å². The highest BCUT2D eigenvalue weighted by molar-refractivity contribution is 6.31. The maximum atomic E-state index is 13.5. The van der Waals surface area contributed by atoms with Gasteiger partial charge >= 0.3 is 5.97 Å². The predicted molar refractivity (Wildman–Crippen MR) is 131 cm³/mol. The summed E-state index contributed by atoms with van der Waals surface area (Å²) in [6.45, 7) is 3.52. The van der Waals surface area contributed by atoms with Gasteiger partial charge < -0.3 is 15.0 Å². The second-order valence-electron chi connectivity index (χ2n) is 8.99. The van der Waals surface area contributed by atoms with Crippen molar-refractivity contribution < 1.29 is 13.9 Å². The third kappa shape index (κ3) is 5.13. The van der Waals surface area contributed by atoms with E-state index in [0.29, 0.717) is 34.4 Å². The number of nitrogens with zero attached hydrogens (tertiary/aromatic N) is 6. The second kappa shape index (κ2) is 10.2. The summed E-state index contributed by atoms with van der Waals surface area (Å²) in [5.41, 5.74) is 1.79. The van der Waals surface area contributed by atoms with Crippen molar-refractivity contribution in [2.45, 2.75) is 31.7 Å². The molecule has 5 rings (SSSR count). The van der Waals surface area contributed by atoms with Gasteiger partial charge in [-0.2, -0.15) is 0 Å². The van der Waals surface area contributed by atoms with Gasteiger partial charge in [0, 0.05) is 25.3 Å². The van der Waals surface area contributed by atoms with Crippen LogP contribution in [0.1, 0.15) is 25.7 Å². The molecule has 2 aliphatic heterocycles. The molecule has 35 heavy (non-hydrogen) atoms. The van der Waals surface area contributed by atoms with Crippen LogP contribution in [0, 0.1) is 11.7 Å². The molecule has 11 heteroatoms. The van der Waals surface area contributed by atoms with Crippen LogP contribution in [0.15, 0.2) is 30.7 Å². The van der Waals surface area contributed by atoms with Gasteiger partial charge in [0.15, 0.2) is 5.82 Å². The molecular weight excluding hydrogens is 473 g/mol. The number of benzene rings is 1. The van der Waals surface area contributed by atoms with Crippen molar-refractivity contribution in [3.05, 3.63) is 41.6 Å². The summed E-state index contributed by atoms with van der Waals surface area (Å²) < 4.78 is 18.5. The molecule has 3 aromatic rings. The number of likely N-dealkylation sites (tertiary alicyclic amines) is 1. The number of fused-ring (bicyclic) bond motifs is 1. The van der Waals surface area contributed by atoms with Gasteiger partial charge in [0.1, 0.15) is 29.2 Å². The number of aromatic nitrogens is 4. The lowest BCUT2D eigenvalue weighted by atomic mass is 9.96. The van der Waals surface area contributed by atoms with Gasteiger partial charge in [-0.3, -0.25) is 9.69 Å². The van der Waals surface area contributed by atoms with Crippen LogP contribution < -0.4 is 10.2 Å². The Morgan fingerprint density at radius 2 is 2.03 bits per heavy atom. The third-order valence-electron chi connectivity index (χ3n) is 6.77. The summed E-state index contributed by atoms with van der Waals surface area (Å²) in [6.07, 6.45) is 7.03. The summed E-state index contributed by atoms with van der Waals surface area (Å²) in [6, 6.07) is 4.29. The maximum absolute atomic E-state index is 13.5. The molecule has 0 amide bonds. The van der Waals surface area contributed by atoms with Crippen molar-refractivity contribution in [2.75, 3.05) is 43.5 Å². The molecule has 0 saturated carbocycles. The largest absolute Gasteiger partial charge is 0.468 e. The molecule has 0 spiro atoms. The Morgan fingerprint density at radius 1 is 1.20 bits per heavy atom. The number of carbonyl (C=O) groups excluding carboxylic acids is 1. The Morgan fingerprint density at radius 3 is 2.80 bits per heavy atom. The molecule has 1 N–H and O–H groups in total. The number of anilines is 3. The van der Waals surface area contributed by atoms with Crippen molar-refractivity contribution in [1.82, 2.24) is 24.8 Å². The van der Waals surface area contributed by atoms with E-state index in [4.69, 9.17) is 21.3 Å². The molecule has 1 atom stereocenters. The van der Waals surface area contributed by atoms with E-state index in [1.165, 1.54) is 25.6 Å². The second-order valence-corrected chi connectivity index (χ2v) is 9.39. The Bertz CT molecular complexity index is 1220. The minimum absolute atomic E-state index is 0.0263. The Balaban J connectivity index is 1.27. The first-order valence-electron chi connectivity index (χ1n) is 11.8. The summed E-state index contributed by atoms with van der Waals surface area (Å²) in [5, 5.41) is 3.18. The lowest BCUT2D eigenvalue weighted by Gasteiger charge is -2.35. The number of nitrogens with one attached hydrogen (secondary N) is 1. The first-order chi connectivity index (χ1) is 17.0. The molecule has 0 radical (unpaired) electrons. The monoisotopic (exact) mass is 499 g/mol. The van der Waals surface area contributed by atoms with E-state index in [0.717, 1.165) is 51.9 Å². The molecule has 0 bridgehead atoms. The van der Waals surface area contributed by atoms with Crippen LogP contribution in [0.5, 0.6) is 0 Å². The van der Waals surface area contributed by atoms with Gasteiger partial charge in [-0.15, -0.1) is 0 Å². The average Bonchev–Trinajstić information content (AvgIpc) is 3.34. The lowest BCUT2D eigenvalue weighted by Crippen LogP contribution is -2.43. The number of hydrogen-bond acceptors (Lipinski definition) is 9. The fraction of sp³-hybridized carbons (Fsp3) is 0.458. The molecule has 2 aliphatic rings. The first-order valence-corrected chi connectivity index (χ1v) is 12.2. The first kappa shape index (κ1) is 23.6. The number of rotatable bonds is 6. The molecular formula is C24H27ClFN7O2. The van der Waals surface area contributed by atoms with E-state index in [9.17, 15) is 9.18 Å². The summed E-state index contributed by atoms with van der Waals surface area (Å²) >= 11 is 5.92. The smallest absolute Gasteiger partial charge is 0.323 e. The van der Waals surface area contributed by atoms with Crippen LogP contribution in [0.25, 0.3) is 11.0 Å². The Labute approximate surface area is 207 Å². The van der Waals surface area contributed by atoms with Crippen molar-refractivity contribution in [2.24, 2.45) is 5.92 Å². The summed E-state index contributed by atoms with van der Waals surface area (Å²) in [7, 11) is 1.46. The van der Waals surface area contributed by atoms with Gasteiger partial charge in [-0.25, -0.2) is 24.3 Å². The number of piperidine rings is 1. The van der Waals surface area contributed by atoms with E-state index in [-0.39, 0.29) is 17.0 Å². The van der Waals surface area contributed by atoms with Crippen LogP contribution in [0.3, 0.4) is 0 Å². The van der Waals surface area contributed by atoms with Crippen LogP contribution in [0.4, 0.5) is 21.8 Å².